The number of aliphatic hydroxyl groups excluding tert-OH is 2. The molecule has 8 nitrogen and oxygen atoms in total. The Kier molecular flexibility index (Phi) is 8.45. The maximum atomic E-state index is 11.7. The van der Waals surface area contributed by atoms with E-state index in [0.717, 1.165) is 5.56 Å². The highest BCUT2D eigenvalue weighted by Gasteiger charge is 2.23. The third-order valence-corrected chi connectivity index (χ3v) is 4.26. The molecule has 1 amide bonds. The zero-order chi connectivity index (χ0) is 21.2. The molecular weight excluding hydrogens is 378 g/mol. The minimum Gasteiger partial charge on any atom is -0.496 e. The molecule has 0 bridgehead atoms. The van der Waals surface area contributed by atoms with E-state index in [1.165, 1.54) is 32.4 Å². The second kappa shape index (κ2) is 11.0. The van der Waals surface area contributed by atoms with Gasteiger partial charge in [0.15, 0.2) is 0 Å². The number of ether oxygens (including phenoxy) is 3. The fourth-order valence-electron chi connectivity index (χ4n) is 2.67. The number of hydrogen-bond acceptors (Lipinski definition) is 7. The first-order valence-corrected chi connectivity index (χ1v) is 9.03. The van der Waals surface area contributed by atoms with E-state index in [9.17, 15) is 19.8 Å². The Morgan fingerprint density at radius 2 is 1.79 bits per heavy atom. The van der Waals surface area contributed by atoms with Crippen LogP contribution in [-0.4, -0.2) is 49.1 Å². The van der Waals surface area contributed by atoms with Gasteiger partial charge in [-0.1, -0.05) is 30.3 Å². The lowest BCUT2D eigenvalue weighted by Gasteiger charge is -2.21. The summed E-state index contributed by atoms with van der Waals surface area (Å²) in [7, 11) is 2.67. The first kappa shape index (κ1) is 22.2. The molecule has 2 unspecified atom stereocenters. The number of esters is 1. The second-order valence-corrected chi connectivity index (χ2v) is 6.24. The van der Waals surface area contributed by atoms with Crippen LogP contribution in [0.1, 0.15) is 34.0 Å². The number of carbonyl (C=O) groups excluding carboxylic acids is 2. The van der Waals surface area contributed by atoms with Gasteiger partial charge in [-0.15, -0.1) is 0 Å². The van der Waals surface area contributed by atoms with Gasteiger partial charge in [-0.3, -0.25) is 0 Å². The number of rotatable bonds is 9. The van der Waals surface area contributed by atoms with Gasteiger partial charge in [0.1, 0.15) is 18.5 Å². The monoisotopic (exact) mass is 403 g/mol. The lowest BCUT2D eigenvalue weighted by Crippen LogP contribution is -2.30. The molecule has 0 aliphatic heterocycles. The van der Waals surface area contributed by atoms with Gasteiger partial charge in [-0.05, 0) is 30.2 Å². The van der Waals surface area contributed by atoms with Crippen LogP contribution in [0, 0.1) is 0 Å². The Hall–Kier alpha value is -3.10. The maximum absolute atomic E-state index is 11.7. The molecule has 0 spiro atoms. The molecule has 0 saturated heterocycles. The topological polar surface area (TPSA) is 114 Å². The SMILES string of the molecule is COC(=O)c1ccc(OC)c(C(O)C(O)CCNC(=O)OCc2ccccc2)c1. The molecule has 156 valence electrons. The molecule has 8 heteroatoms. The number of nitrogens with one attached hydrogen (secondary N) is 1. The van der Waals surface area contributed by atoms with Gasteiger partial charge in [0.05, 0.1) is 25.9 Å². The molecule has 2 aromatic rings. The number of alkyl carbamates (subject to hydrolysis) is 1. The Labute approximate surface area is 169 Å². The van der Waals surface area contributed by atoms with Crippen molar-refractivity contribution in [3.05, 3.63) is 65.2 Å². The van der Waals surface area contributed by atoms with Crippen LogP contribution in [0.3, 0.4) is 0 Å². The second-order valence-electron chi connectivity index (χ2n) is 6.24. The number of aliphatic hydroxyl groups is 2. The number of benzene rings is 2. The molecule has 2 atom stereocenters. The van der Waals surface area contributed by atoms with Crippen molar-refractivity contribution in [2.24, 2.45) is 0 Å². The summed E-state index contributed by atoms with van der Waals surface area (Å²) in [6.07, 6.45) is -3.09. The highest BCUT2D eigenvalue weighted by Crippen LogP contribution is 2.29. The third kappa shape index (κ3) is 6.48. The largest absolute Gasteiger partial charge is 0.496 e. The van der Waals surface area contributed by atoms with Crippen molar-refractivity contribution < 1.29 is 34.0 Å². The van der Waals surface area contributed by atoms with Crippen molar-refractivity contribution in [1.82, 2.24) is 5.32 Å². The summed E-state index contributed by atoms with van der Waals surface area (Å²) >= 11 is 0. The van der Waals surface area contributed by atoms with E-state index in [1.807, 2.05) is 30.3 Å². The van der Waals surface area contributed by atoms with Crippen molar-refractivity contribution in [1.29, 1.82) is 0 Å². The zero-order valence-electron chi connectivity index (χ0n) is 16.3. The van der Waals surface area contributed by atoms with Gasteiger partial charge in [-0.2, -0.15) is 0 Å². The highest BCUT2D eigenvalue weighted by molar-refractivity contribution is 5.89. The summed E-state index contributed by atoms with van der Waals surface area (Å²) in [5.74, 6) is -0.252. The number of methoxy groups -OCH3 is 2. The lowest BCUT2D eigenvalue weighted by atomic mass is 9.99. The summed E-state index contributed by atoms with van der Waals surface area (Å²) in [6, 6.07) is 13.6. The molecule has 0 saturated carbocycles. The fraction of sp³-hybridized carbons (Fsp3) is 0.333. The molecular formula is C21H25NO7. The van der Waals surface area contributed by atoms with Crippen LogP contribution in [0.4, 0.5) is 4.79 Å². The van der Waals surface area contributed by atoms with E-state index in [-0.39, 0.29) is 30.7 Å². The van der Waals surface area contributed by atoms with Gasteiger partial charge >= 0.3 is 12.1 Å². The van der Waals surface area contributed by atoms with E-state index >= 15 is 0 Å². The number of carbonyl (C=O) groups is 2. The Bertz CT molecular complexity index is 810. The van der Waals surface area contributed by atoms with E-state index in [1.54, 1.807) is 0 Å². The quantitative estimate of drug-likeness (QED) is 0.550. The van der Waals surface area contributed by atoms with Crippen molar-refractivity contribution >= 4 is 12.1 Å². The maximum Gasteiger partial charge on any atom is 0.407 e. The molecule has 2 aromatic carbocycles. The first-order chi connectivity index (χ1) is 14.0. The van der Waals surface area contributed by atoms with E-state index in [2.05, 4.69) is 10.1 Å². The molecule has 3 N–H and O–H groups in total. The third-order valence-electron chi connectivity index (χ3n) is 4.26. The highest BCUT2D eigenvalue weighted by atomic mass is 16.5. The van der Waals surface area contributed by atoms with Crippen LogP contribution in [0.15, 0.2) is 48.5 Å². The number of amides is 1. The Balaban J connectivity index is 1.87. The summed E-state index contributed by atoms with van der Waals surface area (Å²) in [5.41, 5.74) is 1.32. The van der Waals surface area contributed by atoms with Crippen molar-refractivity contribution in [3.8, 4) is 5.75 Å². The average molecular weight is 403 g/mol. The van der Waals surface area contributed by atoms with Gasteiger partial charge < -0.3 is 29.7 Å². The Morgan fingerprint density at radius 1 is 1.07 bits per heavy atom. The molecule has 0 aliphatic carbocycles. The van der Waals surface area contributed by atoms with Crippen LogP contribution >= 0.6 is 0 Å². The summed E-state index contributed by atoms with van der Waals surface area (Å²) < 4.78 is 14.9. The van der Waals surface area contributed by atoms with E-state index in [0.29, 0.717) is 5.75 Å². The van der Waals surface area contributed by atoms with E-state index < -0.39 is 24.3 Å². The van der Waals surface area contributed by atoms with Crippen molar-refractivity contribution in [2.75, 3.05) is 20.8 Å². The van der Waals surface area contributed by atoms with Crippen LogP contribution in [0.2, 0.25) is 0 Å². The predicted octanol–water partition coefficient (Wildman–Crippen LogP) is 2.19. The molecule has 0 heterocycles. The molecule has 2 rings (SSSR count). The van der Waals surface area contributed by atoms with Gasteiger partial charge in [0.25, 0.3) is 0 Å². The molecule has 0 radical (unpaired) electrons. The normalized spacial score (nSPS) is 12.6. The fourth-order valence-corrected chi connectivity index (χ4v) is 2.67. The average Bonchev–Trinajstić information content (AvgIpc) is 2.76. The van der Waals surface area contributed by atoms with Crippen LogP contribution < -0.4 is 10.1 Å². The van der Waals surface area contributed by atoms with Crippen LogP contribution in [0.25, 0.3) is 0 Å². The first-order valence-electron chi connectivity index (χ1n) is 9.03. The van der Waals surface area contributed by atoms with Crippen LogP contribution in [0.5, 0.6) is 5.75 Å². The van der Waals surface area contributed by atoms with Gasteiger partial charge in [0, 0.05) is 12.1 Å². The van der Waals surface area contributed by atoms with E-state index in [4.69, 9.17) is 9.47 Å². The standard InChI is InChI=1S/C21H25NO7/c1-27-18-9-8-15(20(25)28-2)12-16(18)19(24)17(23)10-11-22-21(26)29-13-14-6-4-3-5-7-14/h3-9,12,17,19,23-24H,10-11,13H2,1-2H3,(H,22,26). The predicted molar refractivity (Wildman–Crippen MR) is 105 cm³/mol. The Morgan fingerprint density at radius 3 is 2.45 bits per heavy atom. The van der Waals surface area contributed by atoms with Crippen LogP contribution in [-0.2, 0) is 16.1 Å². The molecule has 0 aliphatic rings. The lowest BCUT2D eigenvalue weighted by molar-refractivity contribution is 0.0122. The molecule has 29 heavy (non-hydrogen) atoms. The molecule has 0 fully saturated rings. The zero-order valence-corrected chi connectivity index (χ0v) is 16.3. The van der Waals surface area contributed by atoms with Crippen molar-refractivity contribution in [3.63, 3.8) is 0 Å². The summed E-state index contributed by atoms with van der Waals surface area (Å²) in [4.78, 5) is 23.4. The van der Waals surface area contributed by atoms with Crippen molar-refractivity contribution in [2.45, 2.75) is 25.2 Å². The summed E-state index contributed by atoms with van der Waals surface area (Å²) in [6.45, 7) is 0.222. The molecule has 0 aromatic heterocycles. The minimum absolute atomic E-state index is 0.0627. The van der Waals surface area contributed by atoms with Gasteiger partial charge in [-0.25, -0.2) is 9.59 Å². The smallest absolute Gasteiger partial charge is 0.407 e. The minimum atomic E-state index is -1.32. The summed E-state index contributed by atoms with van der Waals surface area (Å²) in [5, 5.41) is 23.3. The van der Waals surface area contributed by atoms with Gasteiger partial charge in [0.2, 0.25) is 0 Å². The number of hydrogen-bond donors (Lipinski definition) is 3.